The van der Waals surface area contributed by atoms with Crippen LogP contribution >= 0.6 is 7.92 Å². The summed E-state index contributed by atoms with van der Waals surface area (Å²) in [5, 5.41) is 8.42. The number of nitroso groups, excluding NO2 is 1. The molecule has 2 atom stereocenters. The van der Waals surface area contributed by atoms with Crippen LogP contribution in [0.2, 0.25) is 0 Å². The second kappa shape index (κ2) is 25.0. The van der Waals surface area contributed by atoms with E-state index in [0.29, 0.717) is 6.42 Å². The van der Waals surface area contributed by atoms with Crippen molar-refractivity contribution in [1.29, 1.82) is 5.26 Å². The molecule has 1 aliphatic carbocycles. The molecular weight excluding hydrogens is 403 g/mol. The van der Waals surface area contributed by atoms with E-state index in [0.717, 1.165) is 6.42 Å². The summed E-state index contributed by atoms with van der Waals surface area (Å²) in [5.41, 5.74) is 5.75. The molecule has 1 rings (SSSR count). The molecule has 0 radical (unpaired) electrons. The van der Waals surface area contributed by atoms with Gasteiger partial charge in [0.15, 0.2) is 0 Å². The van der Waals surface area contributed by atoms with Crippen LogP contribution in [0.5, 0.6) is 0 Å². The van der Waals surface area contributed by atoms with Crippen molar-refractivity contribution in [3.05, 3.63) is 37.5 Å². The molecule has 0 unspecified atom stereocenters. The minimum atomic E-state index is -0.0420. The van der Waals surface area contributed by atoms with Gasteiger partial charge in [0, 0.05) is 42.4 Å². The van der Waals surface area contributed by atoms with E-state index in [1.807, 2.05) is 12.2 Å². The Kier molecular flexibility index (Phi) is 37.8. The monoisotopic (exact) mass is 429 g/mol. The molecule has 0 aromatic carbocycles. The van der Waals surface area contributed by atoms with Gasteiger partial charge in [-0.1, -0.05) is 12.2 Å². The Morgan fingerprint density at radius 2 is 1.82 bits per heavy atom. The molecule has 102 valence electrons. The quantitative estimate of drug-likeness (QED) is 0.330. The van der Waals surface area contributed by atoms with Crippen LogP contribution in [0.15, 0.2) is 12.2 Å². The van der Waals surface area contributed by atoms with E-state index in [4.69, 9.17) is 17.1 Å². The first kappa shape index (κ1) is 25.7. The van der Waals surface area contributed by atoms with Gasteiger partial charge in [-0.25, -0.2) is 0 Å². The van der Waals surface area contributed by atoms with Gasteiger partial charge in [-0.3, -0.25) is 0 Å². The molecule has 0 fully saturated rings. The minimum Gasteiger partial charge on any atom is -0.577 e. The molecule has 0 saturated heterocycles. The fourth-order valence-corrected chi connectivity index (χ4v) is 0.789. The van der Waals surface area contributed by atoms with Gasteiger partial charge in [-0.2, -0.15) is 5.26 Å². The van der Waals surface area contributed by atoms with E-state index < -0.39 is 0 Å². The van der Waals surface area contributed by atoms with E-state index in [2.05, 4.69) is 26.1 Å². The predicted molar refractivity (Wildman–Crippen MR) is 77.7 cm³/mol. The Morgan fingerprint density at radius 3 is 2.06 bits per heavy atom. The average molecular weight is 429 g/mol. The molecule has 0 heterocycles. The van der Waals surface area contributed by atoms with Crippen LogP contribution in [0.4, 0.5) is 0 Å². The molecule has 0 aliphatic heterocycles. The molecule has 0 saturated carbocycles. The Morgan fingerprint density at radius 1 is 1.41 bits per heavy atom. The van der Waals surface area contributed by atoms with Crippen molar-refractivity contribution < 1.29 is 22.4 Å². The number of nitrogens with zero attached hydrogens (tertiary/aromatic N) is 2. The van der Waals surface area contributed by atoms with E-state index in [-0.39, 0.29) is 56.2 Å². The average Bonchev–Trinajstić information content (AvgIpc) is 2.20. The number of rotatable bonds is 0. The Labute approximate surface area is 124 Å². The normalized spacial score (nSPS) is 20.3. The summed E-state index contributed by atoms with van der Waals surface area (Å²) in [6.45, 7) is 6.81. The van der Waals surface area contributed by atoms with E-state index in [1.165, 1.54) is 0 Å². The second-order valence-corrected chi connectivity index (χ2v) is 6.42. The van der Waals surface area contributed by atoms with Crippen LogP contribution in [0.3, 0.4) is 0 Å². The van der Waals surface area contributed by atoms with Crippen molar-refractivity contribution in [2.75, 3.05) is 20.0 Å². The first-order valence-electron chi connectivity index (χ1n) is 5.07. The topological polar surface area (TPSA) is 63.2 Å². The number of hydrogen-bond donors (Lipinski definition) is 0. The van der Waals surface area contributed by atoms with Gasteiger partial charge in [-0.05, 0) is 27.2 Å². The van der Waals surface area contributed by atoms with Crippen molar-refractivity contribution in [1.82, 2.24) is 0 Å². The van der Waals surface area contributed by atoms with Crippen molar-refractivity contribution in [3.8, 4) is 6.07 Å². The maximum atomic E-state index is 8.42. The molecule has 5 heteroatoms. The molecule has 0 bridgehead atoms. The summed E-state index contributed by atoms with van der Waals surface area (Å²) in [6.07, 6.45) is 5.31. The fraction of sp³-hybridized carbons (Fsp3) is 0.583. The molecule has 0 aromatic heterocycles. The Balaban J connectivity index is -0.0000000553. The molecule has 0 aromatic rings. The minimum absolute atomic E-state index is 0. The zero-order valence-electron chi connectivity index (χ0n) is 12.4. The van der Waals surface area contributed by atoms with Gasteiger partial charge in [0.1, 0.15) is 0 Å². The van der Waals surface area contributed by atoms with Gasteiger partial charge < -0.3 is 25.4 Å². The first-order chi connectivity index (χ1) is 7.06. The summed E-state index contributed by atoms with van der Waals surface area (Å²) in [6, 6.07) is 2.13. The number of hydrogen-bond acceptors (Lipinski definition) is 2. The van der Waals surface area contributed by atoms with Crippen LogP contribution < -0.4 is 0 Å². The van der Waals surface area contributed by atoms with Crippen molar-refractivity contribution in [2.45, 2.75) is 19.2 Å². The van der Waals surface area contributed by atoms with E-state index in [1.54, 1.807) is 0 Å². The van der Waals surface area contributed by atoms with Crippen molar-refractivity contribution >= 4 is 7.92 Å². The number of allylic oxidation sites excluding steroid dienone is 2. The standard InChI is InChI=1S/C7H9N.C3H9P.2CH3.NO.W/c8-6-7-4-2-1-3-5-7;1-4(2)3;;;1-2;/h2,4,7H,1,3,5H2;1-3H3;2*1H3;;/q;;3*-1;/p+1/t7-;;;;;/m0...../s1/i3D;;;;;/t3-,7-;;;;;. The fourth-order valence-electron chi connectivity index (χ4n) is 0.789. The van der Waals surface area contributed by atoms with Crippen molar-refractivity contribution in [3.63, 3.8) is 0 Å². The molecule has 17 heavy (non-hydrogen) atoms. The largest absolute Gasteiger partial charge is 0.577 e. The maximum Gasteiger partial charge on any atom is 0.0697 e. The third-order valence-corrected chi connectivity index (χ3v) is 1.26. The third-order valence-electron chi connectivity index (χ3n) is 1.26. The second-order valence-electron chi connectivity index (χ2n) is 3.42. The molecule has 0 N–H and O–H groups in total. The van der Waals surface area contributed by atoms with Crippen LogP contribution in [-0.2, 0) is 21.1 Å². The Bertz CT molecular complexity index is 220. The zero-order valence-corrected chi connectivity index (χ0v) is 15.4. The van der Waals surface area contributed by atoms with Crippen molar-refractivity contribution in [2.24, 2.45) is 5.92 Å². The van der Waals surface area contributed by atoms with Gasteiger partial charge in [-0.15, -0.1) is 0 Å². The van der Waals surface area contributed by atoms with Crippen LogP contribution in [0.25, 0.3) is 5.59 Å². The van der Waals surface area contributed by atoms with Gasteiger partial charge in [0.05, 0.1) is 12.0 Å². The summed E-state index contributed by atoms with van der Waals surface area (Å²) in [4.78, 5) is 7.25. The number of nitriles is 1. The van der Waals surface area contributed by atoms with Crippen LogP contribution in [0.1, 0.15) is 20.6 Å². The molecule has 0 spiro atoms. The molecule has 1 aliphatic rings. The molecule has 0 amide bonds. The predicted octanol–water partition coefficient (Wildman–Crippen LogP) is 4.18. The summed E-state index contributed by atoms with van der Waals surface area (Å²) in [7, 11) is 0.120. The van der Waals surface area contributed by atoms with Crippen LogP contribution in [0, 0.1) is 37.0 Å². The van der Waals surface area contributed by atoms with Crippen LogP contribution in [-0.4, -0.2) is 20.0 Å². The SMILES string of the molecule is C[PH+](C)C.[2H][C@H]1CC=C[C@H](C#N)C1.[CH3-].[CH3-].[N-]=O.[W]. The maximum absolute atomic E-state index is 8.42. The molecular formula is C12H25N2OPW-2. The van der Waals surface area contributed by atoms with E-state index >= 15 is 0 Å². The smallest absolute Gasteiger partial charge is 0.0697 e. The Hall–Kier alpha value is -0.0517. The van der Waals surface area contributed by atoms with E-state index in [9.17, 15) is 0 Å². The van der Waals surface area contributed by atoms with Gasteiger partial charge in [0.2, 0.25) is 0 Å². The summed E-state index contributed by atoms with van der Waals surface area (Å²) < 4.78 is 7.30. The molecule has 3 nitrogen and oxygen atoms in total. The first-order valence-corrected chi connectivity index (χ1v) is 7.49. The van der Waals surface area contributed by atoms with Gasteiger partial charge in [0.25, 0.3) is 0 Å². The third kappa shape index (κ3) is 31.4. The van der Waals surface area contributed by atoms with Gasteiger partial charge >= 0.3 is 0 Å². The zero-order chi connectivity index (χ0) is 12.3. The summed E-state index contributed by atoms with van der Waals surface area (Å²) >= 11 is 0. The summed E-state index contributed by atoms with van der Waals surface area (Å²) in [5.74, 6) is 0.00116.